The van der Waals surface area contributed by atoms with Gasteiger partial charge in [-0.05, 0) is 23.3 Å². The first-order chi connectivity index (χ1) is 16.2. The summed E-state index contributed by atoms with van der Waals surface area (Å²) in [7, 11) is 0. The third-order valence-corrected chi connectivity index (χ3v) is 5.98. The number of rotatable bonds is 9. The number of carbonyl (C=O) groups excluding carboxylic acids is 2. The summed E-state index contributed by atoms with van der Waals surface area (Å²) in [5.41, 5.74) is 0.770. The number of esters is 1. The highest BCUT2D eigenvalue weighted by Crippen LogP contribution is 2.24. The van der Waals surface area contributed by atoms with Crippen molar-refractivity contribution in [1.82, 2.24) is 10.6 Å². The number of hydrogen-bond donors (Lipinski definition) is 4. The van der Waals surface area contributed by atoms with Gasteiger partial charge < -0.3 is 25.6 Å². The maximum atomic E-state index is 12.5. The van der Waals surface area contributed by atoms with Crippen molar-refractivity contribution in [3.05, 3.63) is 87.3 Å². The van der Waals surface area contributed by atoms with Gasteiger partial charge in [-0.15, -0.1) is 11.8 Å². The molecule has 2 atom stereocenters. The number of aliphatic carboxylic acids is 1. The van der Waals surface area contributed by atoms with Crippen LogP contribution in [0.1, 0.15) is 11.1 Å². The number of amides is 1. The van der Waals surface area contributed by atoms with Gasteiger partial charge in [-0.2, -0.15) is 0 Å². The largest absolute Gasteiger partial charge is 0.509 e. The van der Waals surface area contributed by atoms with E-state index in [-0.39, 0.29) is 35.9 Å². The van der Waals surface area contributed by atoms with Gasteiger partial charge >= 0.3 is 11.9 Å². The average Bonchev–Trinajstić information content (AvgIpc) is 2.82. The van der Waals surface area contributed by atoms with E-state index in [1.165, 1.54) is 24.3 Å². The minimum atomic E-state index is -1.38. The molecule has 0 aliphatic carbocycles. The van der Waals surface area contributed by atoms with E-state index in [9.17, 15) is 34.7 Å². The maximum Gasteiger partial charge on any atom is 0.358 e. The van der Waals surface area contributed by atoms with E-state index in [0.717, 1.165) is 11.8 Å². The van der Waals surface area contributed by atoms with Gasteiger partial charge in [0.25, 0.3) is 5.69 Å². The lowest BCUT2D eigenvalue weighted by atomic mass is 10.1. The summed E-state index contributed by atoms with van der Waals surface area (Å²) in [5, 5.41) is 34.6. The quantitative estimate of drug-likeness (QED) is 0.233. The summed E-state index contributed by atoms with van der Waals surface area (Å²) >= 11 is 1.01. The maximum absolute atomic E-state index is 12.5. The number of ether oxygens (including phenoxy) is 1. The van der Waals surface area contributed by atoms with Gasteiger partial charge in [0.2, 0.25) is 5.91 Å². The molecule has 4 N–H and O–H groups in total. The number of carboxylic acids is 1. The number of hydrogen-bond acceptors (Lipinski definition) is 9. The number of nitro benzene ring substituents is 1. The Morgan fingerprint density at radius 1 is 1.15 bits per heavy atom. The molecule has 0 fully saturated rings. The van der Waals surface area contributed by atoms with E-state index >= 15 is 0 Å². The summed E-state index contributed by atoms with van der Waals surface area (Å²) in [5.74, 6) is -3.15. The molecule has 0 radical (unpaired) electrons. The molecule has 0 aromatic heterocycles. The van der Waals surface area contributed by atoms with Gasteiger partial charge in [0.15, 0.2) is 11.7 Å². The number of nitrogens with zero attached hydrogens (tertiary/aromatic N) is 1. The van der Waals surface area contributed by atoms with E-state index in [2.05, 4.69) is 10.6 Å². The minimum Gasteiger partial charge on any atom is -0.509 e. The third kappa shape index (κ3) is 6.48. The molecule has 11 nitrogen and oxygen atoms in total. The molecule has 1 aliphatic heterocycles. The third-order valence-electron chi connectivity index (χ3n) is 4.79. The number of aliphatic hydroxyl groups is 1. The Bertz CT molecular complexity index is 1100. The molecule has 1 heterocycles. The summed E-state index contributed by atoms with van der Waals surface area (Å²) < 4.78 is 5.15. The lowest BCUT2D eigenvalue weighted by molar-refractivity contribution is -0.384. The highest BCUT2D eigenvalue weighted by Gasteiger charge is 2.36. The van der Waals surface area contributed by atoms with Gasteiger partial charge in [-0.3, -0.25) is 14.9 Å². The van der Waals surface area contributed by atoms with Crippen LogP contribution in [0.2, 0.25) is 0 Å². The zero-order chi connectivity index (χ0) is 24.7. The van der Waals surface area contributed by atoms with E-state index in [0.29, 0.717) is 11.1 Å². The molecule has 3 rings (SSSR count). The van der Waals surface area contributed by atoms with Crippen LogP contribution in [0.25, 0.3) is 0 Å². The number of carbonyl (C=O) groups is 3. The van der Waals surface area contributed by atoms with Crippen molar-refractivity contribution in [2.75, 3.05) is 5.75 Å². The van der Waals surface area contributed by atoms with Crippen molar-refractivity contribution >= 4 is 35.3 Å². The highest BCUT2D eigenvalue weighted by molar-refractivity contribution is 8.00. The fourth-order valence-corrected chi connectivity index (χ4v) is 4.13. The van der Waals surface area contributed by atoms with Gasteiger partial charge in [0.05, 0.1) is 17.1 Å². The average molecular weight is 487 g/mol. The molecule has 1 amide bonds. The zero-order valence-corrected chi connectivity index (χ0v) is 18.5. The van der Waals surface area contributed by atoms with Crippen LogP contribution in [0.3, 0.4) is 0 Å². The fraction of sp³-hybridized carbons (Fsp3) is 0.227. The van der Waals surface area contributed by atoms with Crippen molar-refractivity contribution < 1.29 is 34.3 Å². The van der Waals surface area contributed by atoms with Crippen LogP contribution >= 0.6 is 11.8 Å². The summed E-state index contributed by atoms with van der Waals surface area (Å²) in [4.78, 5) is 46.9. The SMILES string of the molecule is O=C(Cc1ccccc1)N[C@@H](C(=O)O)[C@@H]1NC(C(=O)OCc2ccc([N+](=O)[O-])cc2)=C(O)CS1. The van der Waals surface area contributed by atoms with Gasteiger partial charge in [-0.25, -0.2) is 9.59 Å². The van der Waals surface area contributed by atoms with Crippen molar-refractivity contribution in [2.24, 2.45) is 0 Å². The smallest absolute Gasteiger partial charge is 0.358 e. The van der Waals surface area contributed by atoms with Gasteiger partial charge in [-0.1, -0.05) is 30.3 Å². The molecule has 0 saturated carbocycles. The topological polar surface area (TPSA) is 168 Å². The fourth-order valence-electron chi connectivity index (χ4n) is 3.07. The summed E-state index contributed by atoms with van der Waals surface area (Å²) in [6.45, 7) is -0.219. The summed E-state index contributed by atoms with van der Waals surface area (Å²) in [6, 6.07) is 12.8. The Morgan fingerprint density at radius 2 is 1.82 bits per heavy atom. The first-order valence-corrected chi connectivity index (χ1v) is 11.1. The molecule has 34 heavy (non-hydrogen) atoms. The molecule has 1 aliphatic rings. The minimum absolute atomic E-state index is 0.0206. The normalized spacial score (nSPS) is 16.2. The number of non-ortho nitro benzene ring substituents is 1. The molecule has 0 saturated heterocycles. The first kappa shape index (κ1) is 24.6. The Hall–Kier alpha value is -4.06. The monoisotopic (exact) mass is 487 g/mol. The van der Waals surface area contributed by atoms with Crippen LogP contribution in [0, 0.1) is 10.1 Å². The molecule has 0 unspecified atom stereocenters. The molecule has 0 spiro atoms. The molecule has 178 valence electrons. The molecular formula is C22H21N3O8S. The van der Waals surface area contributed by atoms with Crippen LogP contribution in [0.15, 0.2) is 66.1 Å². The highest BCUT2D eigenvalue weighted by atomic mass is 32.2. The second-order valence-electron chi connectivity index (χ2n) is 7.24. The molecule has 12 heteroatoms. The Labute approximate surface area is 198 Å². The van der Waals surface area contributed by atoms with Crippen molar-refractivity contribution in [1.29, 1.82) is 0 Å². The Morgan fingerprint density at radius 3 is 2.44 bits per heavy atom. The molecule has 0 bridgehead atoms. The van der Waals surface area contributed by atoms with Crippen molar-refractivity contribution in [2.45, 2.75) is 24.4 Å². The predicted octanol–water partition coefficient (Wildman–Crippen LogP) is 1.88. The number of benzene rings is 2. The lowest BCUT2D eigenvalue weighted by Gasteiger charge is -2.30. The zero-order valence-electron chi connectivity index (χ0n) is 17.7. The van der Waals surface area contributed by atoms with E-state index < -0.39 is 34.2 Å². The van der Waals surface area contributed by atoms with Gasteiger partial charge in [0.1, 0.15) is 17.7 Å². The number of nitrogens with one attached hydrogen (secondary N) is 2. The van der Waals surface area contributed by atoms with Crippen LogP contribution in [-0.4, -0.2) is 50.2 Å². The van der Waals surface area contributed by atoms with E-state index in [1.807, 2.05) is 0 Å². The van der Waals surface area contributed by atoms with Crippen molar-refractivity contribution in [3.8, 4) is 0 Å². The number of nitro groups is 1. The van der Waals surface area contributed by atoms with Crippen LogP contribution in [0.4, 0.5) is 5.69 Å². The number of thioether (sulfide) groups is 1. The standard InChI is InChI=1S/C22H21N3O8S/c26-16-12-34-20(19(21(28)29)23-17(27)10-13-4-2-1-3-5-13)24-18(16)22(30)33-11-14-6-8-15(9-7-14)25(31)32/h1-9,19-20,24,26H,10-12H2,(H,23,27)(H,28,29)/t19-,20-/m1/s1. The second kappa shape index (κ2) is 11.2. The molecular weight excluding hydrogens is 466 g/mol. The number of aliphatic hydroxyl groups excluding tert-OH is 1. The number of carboxylic acid groups (broad SMARTS) is 1. The summed E-state index contributed by atoms with van der Waals surface area (Å²) in [6.07, 6.45) is -0.0206. The second-order valence-corrected chi connectivity index (χ2v) is 8.37. The molecule has 2 aromatic rings. The lowest BCUT2D eigenvalue weighted by Crippen LogP contribution is -2.55. The van der Waals surface area contributed by atoms with Crippen LogP contribution < -0.4 is 10.6 Å². The van der Waals surface area contributed by atoms with E-state index in [1.54, 1.807) is 30.3 Å². The predicted molar refractivity (Wildman–Crippen MR) is 122 cm³/mol. The Balaban J connectivity index is 1.62. The van der Waals surface area contributed by atoms with Gasteiger partial charge in [0, 0.05) is 12.1 Å². The Kier molecular flexibility index (Phi) is 8.09. The van der Waals surface area contributed by atoms with Crippen LogP contribution in [-0.2, 0) is 32.1 Å². The first-order valence-electron chi connectivity index (χ1n) is 10.0. The van der Waals surface area contributed by atoms with Crippen LogP contribution in [0.5, 0.6) is 0 Å². The molecule has 2 aromatic carbocycles. The van der Waals surface area contributed by atoms with Crippen molar-refractivity contribution in [3.63, 3.8) is 0 Å². The van der Waals surface area contributed by atoms with E-state index in [4.69, 9.17) is 4.74 Å².